The van der Waals surface area contributed by atoms with Gasteiger partial charge in [-0.05, 0) is 62.4 Å². The molecule has 1 atom stereocenters. The fraction of sp³-hybridized carbons (Fsp3) is 0.462. The lowest BCUT2D eigenvalue weighted by molar-refractivity contribution is -0.142. The van der Waals surface area contributed by atoms with Crippen LogP contribution in [-0.2, 0) is 21.5 Å². The van der Waals surface area contributed by atoms with Crippen molar-refractivity contribution < 1.29 is 14.3 Å². The number of halogens is 1. The minimum Gasteiger partial charge on any atom is -0.483 e. The predicted octanol–water partition coefficient (Wildman–Crippen LogP) is 5.35. The molecule has 2 amide bonds. The topological polar surface area (TPSA) is 58.6 Å². The Labute approximate surface area is 197 Å². The molecule has 0 saturated carbocycles. The van der Waals surface area contributed by atoms with Crippen LogP contribution in [0, 0.1) is 0 Å². The molecule has 0 radical (unpaired) electrons. The summed E-state index contributed by atoms with van der Waals surface area (Å²) in [6.45, 7) is 13.8. The number of ether oxygens (including phenoxy) is 1. The zero-order valence-electron chi connectivity index (χ0n) is 20.2. The van der Waals surface area contributed by atoms with Crippen LogP contribution in [-0.4, -0.2) is 34.9 Å². The van der Waals surface area contributed by atoms with Crippen LogP contribution in [0.2, 0.25) is 5.02 Å². The van der Waals surface area contributed by atoms with E-state index in [0.29, 0.717) is 10.8 Å². The monoisotopic (exact) mass is 458 g/mol. The number of hydrogen-bond donors (Lipinski definition) is 1. The molecule has 0 aliphatic heterocycles. The van der Waals surface area contributed by atoms with Crippen molar-refractivity contribution in [3.8, 4) is 5.75 Å². The fourth-order valence-corrected chi connectivity index (χ4v) is 3.54. The first kappa shape index (κ1) is 25.7. The molecule has 32 heavy (non-hydrogen) atoms. The summed E-state index contributed by atoms with van der Waals surface area (Å²) >= 11 is 6.13. The lowest BCUT2D eigenvalue weighted by atomic mass is 9.86. The molecule has 0 heterocycles. The molecule has 1 unspecified atom stereocenters. The Morgan fingerprint density at radius 3 is 2.28 bits per heavy atom. The van der Waals surface area contributed by atoms with Crippen molar-refractivity contribution in [1.82, 2.24) is 10.2 Å². The van der Waals surface area contributed by atoms with E-state index in [9.17, 15) is 9.59 Å². The normalized spacial score (nSPS) is 12.8. The van der Waals surface area contributed by atoms with Gasteiger partial charge in [0.05, 0.1) is 0 Å². The van der Waals surface area contributed by atoms with Gasteiger partial charge >= 0.3 is 0 Å². The second kappa shape index (κ2) is 10.4. The van der Waals surface area contributed by atoms with E-state index in [1.807, 2.05) is 57.2 Å². The number of para-hydroxylation sites is 1. The van der Waals surface area contributed by atoms with Crippen molar-refractivity contribution in [2.75, 3.05) is 6.61 Å². The second-order valence-electron chi connectivity index (χ2n) is 10.1. The molecule has 1 N–H and O–H groups in total. The molecule has 6 heteroatoms. The molecule has 5 nitrogen and oxygen atoms in total. The van der Waals surface area contributed by atoms with E-state index in [-0.39, 0.29) is 30.4 Å². The molecule has 174 valence electrons. The number of benzene rings is 2. The number of carbonyl (C=O) groups is 2. The lowest BCUT2D eigenvalue weighted by Crippen LogP contribution is -2.53. The maximum atomic E-state index is 13.3. The summed E-state index contributed by atoms with van der Waals surface area (Å²) in [6.07, 6.45) is 0. The SMILES string of the molecule is CC(C(=O)NC(C)(C)C)N(Cc1cccc(Cl)c1)C(=O)COc1ccccc1C(C)(C)C. The summed E-state index contributed by atoms with van der Waals surface area (Å²) in [5.41, 5.74) is 1.34. The smallest absolute Gasteiger partial charge is 0.261 e. The Kier molecular flexibility index (Phi) is 8.35. The Morgan fingerprint density at radius 1 is 1.03 bits per heavy atom. The van der Waals surface area contributed by atoms with Gasteiger partial charge in [-0.15, -0.1) is 0 Å². The second-order valence-corrected chi connectivity index (χ2v) is 10.5. The standard InChI is InChI=1S/C26H35ClN2O3/c1-18(24(31)28-26(5,6)7)29(16-19-11-10-12-20(27)15-19)23(30)17-32-22-14-9-8-13-21(22)25(2,3)4/h8-15,18H,16-17H2,1-7H3,(H,28,31). The first-order valence-corrected chi connectivity index (χ1v) is 11.2. The number of nitrogens with zero attached hydrogens (tertiary/aromatic N) is 1. The number of hydrogen-bond acceptors (Lipinski definition) is 3. The van der Waals surface area contributed by atoms with Gasteiger partial charge in [-0.25, -0.2) is 0 Å². The zero-order chi connectivity index (χ0) is 24.1. The summed E-state index contributed by atoms with van der Waals surface area (Å²) < 4.78 is 5.95. The summed E-state index contributed by atoms with van der Waals surface area (Å²) in [6, 6.07) is 14.3. The van der Waals surface area contributed by atoms with Crippen LogP contribution >= 0.6 is 11.6 Å². The van der Waals surface area contributed by atoms with E-state index < -0.39 is 11.6 Å². The third kappa shape index (κ3) is 7.56. The molecule has 0 saturated heterocycles. The summed E-state index contributed by atoms with van der Waals surface area (Å²) in [5.74, 6) is 0.177. The largest absolute Gasteiger partial charge is 0.483 e. The van der Waals surface area contributed by atoms with Gasteiger partial charge in [0.2, 0.25) is 5.91 Å². The Hall–Kier alpha value is -2.53. The molecule has 0 aliphatic rings. The van der Waals surface area contributed by atoms with E-state index in [1.54, 1.807) is 19.1 Å². The van der Waals surface area contributed by atoms with Gasteiger partial charge in [-0.2, -0.15) is 0 Å². The van der Waals surface area contributed by atoms with Gasteiger partial charge in [0.25, 0.3) is 5.91 Å². The Balaban J connectivity index is 2.25. The predicted molar refractivity (Wildman–Crippen MR) is 130 cm³/mol. The van der Waals surface area contributed by atoms with Gasteiger partial charge in [0, 0.05) is 17.1 Å². The van der Waals surface area contributed by atoms with Crippen LogP contribution in [0.4, 0.5) is 0 Å². The number of nitrogens with one attached hydrogen (secondary N) is 1. The van der Waals surface area contributed by atoms with E-state index in [1.165, 1.54) is 4.90 Å². The zero-order valence-corrected chi connectivity index (χ0v) is 20.9. The molecule has 0 bridgehead atoms. The number of rotatable bonds is 7. The molecule has 2 rings (SSSR count). The van der Waals surface area contributed by atoms with Crippen LogP contribution in [0.15, 0.2) is 48.5 Å². The highest BCUT2D eigenvalue weighted by atomic mass is 35.5. The average Bonchev–Trinajstić information content (AvgIpc) is 2.68. The Morgan fingerprint density at radius 2 is 1.69 bits per heavy atom. The van der Waals surface area contributed by atoms with Crippen LogP contribution in [0.1, 0.15) is 59.6 Å². The van der Waals surface area contributed by atoms with E-state index in [4.69, 9.17) is 16.3 Å². The first-order valence-electron chi connectivity index (χ1n) is 10.9. The molecule has 0 spiro atoms. The Bertz CT molecular complexity index is 945. The quantitative estimate of drug-likeness (QED) is 0.608. The molecular formula is C26H35ClN2O3. The van der Waals surface area contributed by atoms with Crippen molar-refractivity contribution in [2.24, 2.45) is 0 Å². The molecule has 0 aromatic heterocycles. The van der Waals surface area contributed by atoms with Crippen LogP contribution in [0.3, 0.4) is 0 Å². The maximum absolute atomic E-state index is 13.3. The molecule has 2 aromatic carbocycles. The fourth-order valence-electron chi connectivity index (χ4n) is 3.32. The summed E-state index contributed by atoms with van der Waals surface area (Å²) in [7, 11) is 0. The van der Waals surface area contributed by atoms with Crippen LogP contribution in [0.25, 0.3) is 0 Å². The average molecular weight is 459 g/mol. The highest BCUT2D eigenvalue weighted by Crippen LogP contribution is 2.31. The summed E-state index contributed by atoms with van der Waals surface area (Å²) in [5, 5.41) is 3.54. The van der Waals surface area contributed by atoms with Crippen LogP contribution in [0.5, 0.6) is 5.75 Å². The van der Waals surface area contributed by atoms with Gasteiger partial charge in [-0.3, -0.25) is 9.59 Å². The molecular weight excluding hydrogens is 424 g/mol. The molecule has 0 aliphatic carbocycles. The van der Waals surface area contributed by atoms with Crippen molar-refractivity contribution in [3.05, 3.63) is 64.7 Å². The highest BCUT2D eigenvalue weighted by molar-refractivity contribution is 6.30. The number of carbonyl (C=O) groups excluding carboxylic acids is 2. The summed E-state index contributed by atoms with van der Waals surface area (Å²) in [4.78, 5) is 27.7. The van der Waals surface area contributed by atoms with E-state index >= 15 is 0 Å². The van der Waals surface area contributed by atoms with Crippen molar-refractivity contribution in [1.29, 1.82) is 0 Å². The van der Waals surface area contributed by atoms with Gasteiger partial charge in [0.15, 0.2) is 6.61 Å². The highest BCUT2D eigenvalue weighted by Gasteiger charge is 2.29. The minimum atomic E-state index is -0.679. The van der Waals surface area contributed by atoms with Crippen molar-refractivity contribution >= 4 is 23.4 Å². The third-order valence-corrected chi connectivity index (χ3v) is 5.19. The van der Waals surface area contributed by atoms with Gasteiger partial charge in [-0.1, -0.05) is 62.7 Å². The van der Waals surface area contributed by atoms with Gasteiger partial charge < -0.3 is 15.0 Å². The third-order valence-electron chi connectivity index (χ3n) is 4.95. The van der Waals surface area contributed by atoms with E-state index in [2.05, 4.69) is 26.1 Å². The van der Waals surface area contributed by atoms with Crippen LogP contribution < -0.4 is 10.1 Å². The molecule has 2 aromatic rings. The van der Waals surface area contributed by atoms with Crippen molar-refractivity contribution in [3.63, 3.8) is 0 Å². The maximum Gasteiger partial charge on any atom is 0.261 e. The molecule has 0 fully saturated rings. The van der Waals surface area contributed by atoms with Gasteiger partial charge in [0.1, 0.15) is 11.8 Å². The lowest BCUT2D eigenvalue weighted by Gasteiger charge is -2.31. The van der Waals surface area contributed by atoms with E-state index in [0.717, 1.165) is 11.1 Å². The van der Waals surface area contributed by atoms with Crippen molar-refractivity contribution in [2.45, 2.75) is 72.0 Å². The first-order chi connectivity index (χ1) is 14.8. The minimum absolute atomic E-state index is 0.125. The number of amides is 2.